The summed E-state index contributed by atoms with van der Waals surface area (Å²) in [5.41, 5.74) is 11.3. The molecule has 1 atom stereocenters. The molecule has 1 N–H and O–H groups in total. The van der Waals surface area contributed by atoms with Gasteiger partial charge in [0.05, 0.1) is 39.5 Å². The minimum Gasteiger partial charge on any atom is -0.359 e. The molecule has 5 heteroatoms. The second kappa shape index (κ2) is 8.04. The first-order valence-corrected chi connectivity index (χ1v) is 13.6. The number of nitrogens with one attached hydrogen (secondary N) is 1. The lowest BCUT2D eigenvalue weighted by Crippen LogP contribution is -2.27. The van der Waals surface area contributed by atoms with Gasteiger partial charge in [0.15, 0.2) is 0 Å². The zero-order valence-electron chi connectivity index (χ0n) is 21.5. The first-order chi connectivity index (χ1) is 19.9. The fourth-order valence-electron chi connectivity index (χ4n) is 6.56. The number of fused-ring (bicyclic) bond motifs is 12. The molecule has 2 aliphatic rings. The van der Waals surface area contributed by atoms with E-state index in [9.17, 15) is 0 Å². The van der Waals surface area contributed by atoms with Gasteiger partial charge in [-0.25, -0.2) is 4.98 Å². The van der Waals surface area contributed by atoms with E-state index in [2.05, 4.69) is 117 Å². The van der Waals surface area contributed by atoms with Crippen LogP contribution in [-0.2, 0) is 0 Å². The third-order valence-corrected chi connectivity index (χ3v) is 8.20. The third-order valence-electron chi connectivity index (χ3n) is 8.20. The van der Waals surface area contributed by atoms with Crippen LogP contribution in [0.2, 0.25) is 0 Å². The first kappa shape index (κ1) is 21.5. The van der Waals surface area contributed by atoms with Gasteiger partial charge < -0.3 is 10.2 Å². The molecule has 0 saturated heterocycles. The van der Waals surface area contributed by atoms with Crippen molar-refractivity contribution in [3.63, 3.8) is 0 Å². The molecule has 0 amide bonds. The van der Waals surface area contributed by atoms with Gasteiger partial charge in [-0.05, 0) is 54.1 Å². The van der Waals surface area contributed by atoms with Crippen molar-refractivity contribution in [2.45, 2.75) is 6.17 Å². The maximum atomic E-state index is 5.17. The van der Waals surface area contributed by atoms with Gasteiger partial charge in [0.1, 0.15) is 12.0 Å². The van der Waals surface area contributed by atoms with Crippen molar-refractivity contribution in [2.24, 2.45) is 0 Å². The maximum Gasteiger partial charge on any atom is 0.138 e. The Kier molecular flexibility index (Phi) is 4.32. The Labute approximate surface area is 231 Å². The number of aromatic nitrogens is 3. The lowest BCUT2D eigenvalue weighted by atomic mass is 9.89. The molecule has 0 bridgehead atoms. The smallest absolute Gasteiger partial charge is 0.138 e. The number of para-hydroxylation sites is 3. The maximum absolute atomic E-state index is 5.17. The van der Waals surface area contributed by atoms with E-state index in [0.717, 1.165) is 28.4 Å². The molecule has 1 unspecified atom stereocenters. The van der Waals surface area contributed by atoms with Gasteiger partial charge >= 0.3 is 0 Å². The zero-order chi connectivity index (χ0) is 26.2. The van der Waals surface area contributed by atoms with Crippen molar-refractivity contribution >= 4 is 38.9 Å². The van der Waals surface area contributed by atoms with Gasteiger partial charge in [-0.15, -0.1) is 0 Å². The van der Waals surface area contributed by atoms with Crippen LogP contribution in [0.1, 0.15) is 11.7 Å². The molecule has 5 nitrogen and oxygen atoms in total. The van der Waals surface area contributed by atoms with Gasteiger partial charge in [-0.2, -0.15) is 0 Å². The van der Waals surface area contributed by atoms with Crippen molar-refractivity contribution in [2.75, 3.05) is 10.2 Å². The molecule has 0 radical (unpaired) electrons. The fraction of sp³-hybridized carbons (Fsp3) is 0.0286. The lowest BCUT2D eigenvalue weighted by molar-refractivity contribution is 0.820. The van der Waals surface area contributed by atoms with E-state index in [1.165, 1.54) is 44.4 Å². The van der Waals surface area contributed by atoms with Gasteiger partial charge in [-0.1, -0.05) is 72.8 Å². The highest BCUT2D eigenvalue weighted by molar-refractivity contribution is 6.17. The van der Waals surface area contributed by atoms with Crippen LogP contribution in [0.25, 0.3) is 50.1 Å². The molecule has 3 aromatic heterocycles. The molecule has 0 fully saturated rings. The van der Waals surface area contributed by atoms with E-state index in [4.69, 9.17) is 4.98 Å². The Morgan fingerprint density at radius 2 is 1.45 bits per heavy atom. The highest BCUT2D eigenvalue weighted by Gasteiger charge is 2.39. The average molecular weight is 514 g/mol. The van der Waals surface area contributed by atoms with E-state index in [1.807, 2.05) is 30.5 Å². The van der Waals surface area contributed by atoms with Gasteiger partial charge in [0, 0.05) is 28.1 Å². The van der Waals surface area contributed by atoms with Crippen molar-refractivity contribution in [3.8, 4) is 28.3 Å². The van der Waals surface area contributed by atoms with E-state index >= 15 is 0 Å². The largest absolute Gasteiger partial charge is 0.359 e. The van der Waals surface area contributed by atoms with Crippen LogP contribution < -0.4 is 10.2 Å². The second-order valence-corrected chi connectivity index (χ2v) is 10.3. The second-order valence-electron chi connectivity index (χ2n) is 10.3. The summed E-state index contributed by atoms with van der Waals surface area (Å²) in [4.78, 5) is 12.2. The molecule has 4 aromatic carbocycles. The summed E-state index contributed by atoms with van der Waals surface area (Å²) in [5.74, 6) is 0.877. The summed E-state index contributed by atoms with van der Waals surface area (Å²) >= 11 is 0. The Hall–Kier alpha value is -5.42. The van der Waals surface area contributed by atoms with Crippen molar-refractivity contribution in [1.82, 2.24) is 14.5 Å². The van der Waals surface area contributed by atoms with Crippen LogP contribution in [0.5, 0.6) is 0 Å². The summed E-state index contributed by atoms with van der Waals surface area (Å²) in [6.07, 6.45) is 1.86. The Bertz CT molecular complexity index is 2110. The van der Waals surface area contributed by atoms with Crippen LogP contribution >= 0.6 is 0 Å². The fourth-order valence-corrected chi connectivity index (χ4v) is 6.56. The number of hydrogen-bond donors (Lipinski definition) is 1. The minimum absolute atomic E-state index is 0.0435. The van der Waals surface area contributed by atoms with E-state index in [-0.39, 0.29) is 6.17 Å². The number of rotatable bonds is 2. The van der Waals surface area contributed by atoms with Crippen LogP contribution in [0.3, 0.4) is 0 Å². The molecule has 5 heterocycles. The Morgan fingerprint density at radius 3 is 2.40 bits per heavy atom. The van der Waals surface area contributed by atoms with E-state index in [1.54, 1.807) is 0 Å². The zero-order valence-corrected chi connectivity index (χ0v) is 21.5. The lowest BCUT2D eigenvalue weighted by Gasteiger charge is -2.35. The van der Waals surface area contributed by atoms with Crippen LogP contribution in [-0.4, -0.2) is 14.5 Å². The Morgan fingerprint density at radius 1 is 0.625 bits per heavy atom. The molecule has 2 aliphatic heterocycles. The van der Waals surface area contributed by atoms with E-state index in [0.29, 0.717) is 0 Å². The monoisotopic (exact) mass is 513 g/mol. The van der Waals surface area contributed by atoms with Crippen molar-refractivity contribution in [1.29, 1.82) is 0 Å². The highest BCUT2D eigenvalue weighted by Crippen LogP contribution is 2.56. The minimum atomic E-state index is 0.0435. The standard InChI is InChI=1S/C35H23N5/c1-2-12-25-23(11-1)33-31(39-30-17-6-4-14-28(30)38-35(25)39)20-19-24-22-10-3-5-16-29(22)40(34(24)33)32-18-9-15-27(37-32)26-13-7-8-21-36-26/h1-21,35,38H. The average Bonchev–Trinajstić information content (AvgIpc) is 3.58. The summed E-state index contributed by atoms with van der Waals surface area (Å²) in [6.45, 7) is 0. The number of nitrogens with zero attached hydrogens (tertiary/aromatic N) is 4. The van der Waals surface area contributed by atoms with Gasteiger partial charge in [0.25, 0.3) is 0 Å². The molecular formula is C35H23N5. The predicted octanol–water partition coefficient (Wildman–Crippen LogP) is 8.48. The predicted molar refractivity (Wildman–Crippen MR) is 162 cm³/mol. The summed E-state index contributed by atoms with van der Waals surface area (Å²) in [5, 5.41) is 6.21. The topological polar surface area (TPSA) is 46.0 Å². The highest BCUT2D eigenvalue weighted by atomic mass is 15.3. The van der Waals surface area contributed by atoms with E-state index < -0.39 is 0 Å². The van der Waals surface area contributed by atoms with Gasteiger partial charge in [-0.3, -0.25) is 9.55 Å². The first-order valence-electron chi connectivity index (χ1n) is 13.6. The summed E-state index contributed by atoms with van der Waals surface area (Å²) in [7, 11) is 0. The molecular weight excluding hydrogens is 490 g/mol. The van der Waals surface area contributed by atoms with Crippen molar-refractivity contribution in [3.05, 3.63) is 133 Å². The van der Waals surface area contributed by atoms with Gasteiger partial charge in [0.2, 0.25) is 0 Å². The summed E-state index contributed by atoms with van der Waals surface area (Å²) < 4.78 is 2.34. The molecule has 0 saturated carbocycles. The molecule has 188 valence electrons. The van der Waals surface area contributed by atoms with Crippen LogP contribution in [0.15, 0.2) is 128 Å². The number of pyridine rings is 2. The molecule has 40 heavy (non-hydrogen) atoms. The molecule has 9 rings (SSSR count). The quantitative estimate of drug-likeness (QED) is 0.252. The number of benzene rings is 4. The number of anilines is 3. The Balaban J connectivity index is 1.41. The van der Waals surface area contributed by atoms with Crippen LogP contribution in [0, 0.1) is 0 Å². The summed E-state index contributed by atoms with van der Waals surface area (Å²) in [6, 6.07) is 42.7. The molecule has 0 aliphatic carbocycles. The molecule has 0 spiro atoms. The normalized spacial score (nSPS) is 14.9. The molecule has 7 aromatic rings. The number of hydrogen-bond acceptors (Lipinski definition) is 4. The van der Waals surface area contributed by atoms with Crippen molar-refractivity contribution < 1.29 is 0 Å². The third kappa shape index (κ3) is 2.86. The SMILES string of the molecule is c1ccc(-c2cccc(-n3c4ccccc4c4ccc5c(c43)-c3ccccc3C3Nc4ccccc4N53)n2)nc1. The van der Waals surface area contributed by atoms with Crippen LogP contribution in [0.4, 0.5) is 17.1 Å².